The van der Waals surface area contributed by atoms with Crippen molar-refractivity contribution < 1.29 is 9.90 Å². The van der Waals surface area contributed by atoms with E-state index >= 15 is 0 Å². The van der Waals surface area contributed by atoms with Crippen LogP contribution in [0.2, 0.25) is 0 Å². The molecule has 2 rings (SSSR count). The van der Waals surface area contributed by atoms with Gasteiger partial charge in [-0.25, -0.2) is 0 Å². The number of aromatic nitrogens is 4. The van der Waals surface area contributed by atoms with Crippen molar-refractivity contribution in [2.24, 2.45) is 0 Å². The number of hydrogen-bond acceptors (Lipinski definition) is 5. The molecule has 0 unspecified atom stereocenters. The fraction of sp³-hybridized carbons (Fsp3) is 0.286. The molecule has 108 valence electrons. The Bertz CT molecular complexity index is 684. The van der Waals surface area contributed by atoms with E-state index in [1.165, 1.54) is 12.4 Å². The number of rotatable bonds is 4. The van der Waals surface area contributed by atoms with Gasteiger partial charge in [0.25, 0.3) is 5.91 Å². The maximum absolute atomic E-state index is 12.1. The van der Waals surface area contributed by atoms with E-state index in [4.69, 9.17) is 5.11 Å². The molecule has 0 bridgehead atoms. The van der Waals surface area contributed by atoms with Gasteiger partial charge in [0.05, 0.1) is 12.1 Å². The molecule has 0 aliphatic heterocycles. The van der Waals surface area contributed by atoms with Gasteiger partial charge < -0.3 is 15.0 Å². The average molecular weight is 285 g/mol. The van der Waals surface area contributed by atoms with E-state index in [-0.39, 0.29) is 12.5 Å². The van der Waals surface area contributed by atoms with Crippen LogP contribution in [0.5, 0.6) is 0 Å². The van der Waals surface area contributed by atoms with Crippen molar-refractivity contribution in [1.29, 1.82) is 0 Å². The third kappa shape index (κ3) is 3.87. The second-order valence-electron chi connectivity index (χ2n) is 4.14. The van der Waals surface area contributed by atoms with Crippen LogP contribution in [0.25, 0.3) is 0 Å². The van der Waals surface area contributed by atoms with E-state index in [9.17, 15) is 4.79 Å². The van der Waals surface area contributed by atoms with Crippen LogP contribution < -0.4 is 5.32 Å². The number of aliphatic hydroxyl groups is 1. The van der Waals surface area contributed by atoms with Gasteiger partial charge in [0, 0.05) is 24.5 Å². The Balaban J connectivity index is 2.03. The lowest BCUT2D eigenvalue weighted by Crippen LogP contribution is -2.24. The predicted octanol–water partition coefficient (Wildman–Crippen LogP) is -0.0332. The van der Waals surface area contributed by atoms with Gasteiger partial charge >= 0.3 is 0 Å². The molecule has 7 nitrogen and oxygen atoms in total. The Labute approximate surface area is 122 Å². The van der Waals surface area contributed by atoms with Crippen molar-refractivity contribution in [3.05, 3.63) is 41.7 Å². The number of pyridine rings is 1. The van der Waals surface area contributed by atoms with Crippen LogP contribution in [-0.2, 0) is 13.1 Å². The molecule has 21 heavy (non-hydrogen) atoms. The van der Waals surface area contributed by atoms with Gasteiger partial charge in [-0.15, -0.1) is 10.2 Å². The number of aryl methyl sites for hydroxylation is 1. The molecule has 7 heteroatoms. The van der Waals surface area contributed by atoms with Crippen molar-refractivity contribution in [2.75, 3.05) is 6.61 Å². The first kappa shape index (κ1) is 14.7. The summed E-state index contributed by atoms with van der Waals surface area (Å²) in [6, 6.07) is 1.62. The Morgan fingerprint density at radius 3 is 3.10 bits per heavy atom. The minimum Gasteiger partial charge on any atom is -0.384 e. The van der Waals surface area contributed by atoms with Gasteiger partial charge in [0.15, 0.2) is 5.82 Å². The number of aliphatic hydroxyl groups excluding tert-OH is 1. The summed E-state index contributed by atoms with van der Waals surface area (Å²) in [6.07, 6.45) is 4.62. The van der Waals surface area contributed by atoms with Crippen molar-refractivity contribution >= 4 is 5.91 Å². The predicted molar refractivity (Wildman–Crippen MR) is 75.1 cm³/mol. The summed E-state index contributed by atoms with van der Waals surface area (Å²) in [4.78, 5) is 16.0. The van der Waals surface area contributed by atoms with Crippen molar-refractivity contribution in [2.45, 2.75) is 20.0 Å². The Hall–Kier alpha value is -2.72. The molecule has 0 aliphatic rings. The molecule has 0 spiro atoms. The van der Waals surface area contributed by atoms with Crippen LogP contribution in [0.3, 0.4) is 0 Å². The van der Waals surface area contributed by atoms with Crippen molar-refractivity contribution in [3.63, 3.8) is 0 Å². The fourth-order valence-electron chi connectivity index (χ4n) is 1.72. The van der Waals surface area contributed by atoms with Gasteiger partial charge in [0.1, 0.15) is 12.9 Å². The first-order chi connectivity index (χ1) is 10.2. The summed E-state index contributed by atoms with van der Waals surface area (Å²) in [5.41, 5.74) is 0.982. The standard InChI is InChI=1S/C14H15N5O2/c1-2-19-10-17-18-13(19)9-16-14(21)12-6-11(4-3-5-20)7-15-8-12/h6-8,10,20H,2,5,9H2,1H3,(H,16,21). The molecule has 2 aromatic rings. The number of nitrogens with one attached hydrogen (secondary N) is 1. The lowest BCUT2D eigenvalue weighted by molar-refractivity contribution is 0.0949. The molecule has 2 N–H and O–H groups in total. The minimum absolute atomic E-state index is 0.233. The lowest BCUT2D eigenvalue weighted by Gasteiger charge is -2.06. The van der Waals surface area contributed by atoms with Crippen molar-refractivity contribution in [3.8, 4) is 11.8 Å². The third-order valence-corrected chi connectivity index (χ3v) is 2.76. The molecule has 0 aliphatic carbocycles. The molecule has 0 atom stereocenters. The summed E-state index contributed by atoms with van der Waals surface area (Å²) in [5, 5.41) is 19.2. The average Bonchev–Trinajstić information content (AvgIpc) is 2.98. The summed E-state index contributed by atoms with van der Waals surface area (Å²) in [6.45, 7) is 2.77. The van der Waals surface area contributed by atoms with Crippen LogP contribution in [0.4, 0.5) is 0 Å². The van der Waals surface area contributed by atoms with E-state index < -0.39 is 0 Å². The second-order valence-corrected chi connectivity index (χ2v) is 4.14. The highest BCUT2D eigenvalue weighted by molar-refractivity contribution is 5.94. The topological polar surface area (TPSA) is 92.9 Å². The van der Waals surface area contributed by atoms with Crippen LogP contribution in [0, 0.1) is 11.8 Å². The molecule has 0 radical (unpaired) electrons. The summed E-state index contributed by atoms with van der Waals surface area (Å²) >= 11 is 0. The minimum atomic E-state index is -0.263. The fourth-order valence-corrected chi connectivity index (χ4v) is 1.72. The lowest BCUT2D eigenvalue weighted by atomic mass is 10.2. The molecule has 2 heterocycles. The van der Waals surface area contributed by atoms with Crippen LogP contribution in [0.15, 0.2) is 24.8 Å². The smallest absolute Gasteiger partial charge is 0.253 e. The number of carbonyl (C=O) groups excluding carboxylic acids is 1. The Morgan fingerprint density at radius 2 is 2.33 bits per heavy atom. The zero-order valence-corrected chi connectivity index (χ0v) is 11.6. The number of carbonyl (C=O) groups is 1. The molecule has 0 fully saturated rings. The second kappa shape index (κ2) is 7.17. The van der Waals surface area contributed by atoms with Gasteiger partial charge in [-0.3, -0.25) is 9.78 Å². The molecular formula is C14H15N5O2. The third-order valence-electron chi connectivity index (χ3n) is 2.76. The largest absolute Gasteiger partial charge is 0.384 e. The van der Waals surface area contributed by atoms with Gasteiger partial charge in [0.2, 0.25) is 0 Å². The molecule has 2 aromatic heterocycles. The maximum atomic E-state index is 12.1. The van der Waals surface area contributed by atoms with E-state index in [2.05, 4.69) is 32.3 Å². The van der Waals surface area contributed by atoms with Crippen LogP contribution >= 0.6 is 0 Å². The van der Waals surface area contributed by atoms with Crippen LogP contribution in [-0.4, -0.2) is 37.4 Å². The van der Waals surface area contributed by atoms with Gasteiger partial charge in [-0.05, 0) is 13.0 Å². The zero-order chi connectivity index (χ0) is 15.1. The SMILES string of the molecule is CCn1cnnc1CNC(=O)c1cncc(C#CCO)c1. The van der Waals surface area contributed by atoms with E-state index in [0.717, 1.165) is 6.54 Å². The first-order valence-corrected chi connectivity index (χ1v) is 6.44. The quantitative estimate of drug-likeness (QED) is 0.769. The highest BCUT2D eigenvalue weighted by Gasteiger charge is 2.08. The van der Waals surface area contributed by atoms with Crippen molar-refractivity contribution in [1.82, 2.24) is 25.1 Å². The Kier molecular flexibility index (Phi) is 5.01. The molecule has 1 amide bonds. The highest BCUT2D eigenvalue weighted by Crippen LogP contribution is 2.02. The number of amides is 1. The van der Waals surface area contributed by atoms with Gasteiger partial charge in [-0.2, -0.15) is 0 Å². The molecule has 0 saturated carbocycles. The monoisotopic (exact) mass is 285 g/mol. The summed E-state index contributed by atoms with van der Waals surface area (Å²) < 4.78 is 1.85. The number of nitrogens with zero attached hydrogens (tertiary/aromatic N) is 4. The van der Waals surface area contributed by atoms with E-state index in [1.807, 2.05) is 11.5 Å². The van der Waals surface area contributed by atoms with E-state index in [1.54, 1.807) is 12.4 Å². The van der Waals surface area contributed by atoms with E-state index in [0.29, 0.717) is 23.5 Å². The molecular weight excluding hydrogens is 270 g/mol. The normalized spacial score (nSPS) is 9.81. The number of hydrogen-bond donors (Lipinski definition) is 2. The maximum Gasteiger partial charge on any atom is 0.253 e. The van der Waals surface area contributed by atoms with Gasteiger partial charge in [-0.1, -0.05) is 11.8 Å². The summed E-state index contributed by atoms with van der Waals surface area (Å²) in [7, 11) is 0. The highest BCUT2D eigenvalue weighted by atomic mass is 16.2. The first-order valence-electron chi connectivity index (χ1n) is 6.44. The summed E-state index contributed by atoms with van der Waals surface area (Å²) in [5.74, 6) is 5.65. The zero-order valence-electron chi connectivity index (χ0n) is 11.6. The molecule has 0 saturated heterocycles. The van der Waals surface area contributed by atoms with Crippen LogP contribution in [0.1, 0.15) is 28.7 Å². The Morgan fingerprint density at radius 1 is 1.48 bits per heavy atom. The molecule has 0 aromatic carbocycles.